The maximum Gasteiger partial charge on any atom is 0.331 e. The first-order valence-electron chi connectivity index (χ1n) is 14.0. The molecule has 12 heteroatoms. The number of amides is 1. The van der Waals surface area contributed by atoms with E-state index in [-0.39, 0.29) is 42.1 Å². The molecule has 42 heavy (non-hydrogen) atoms. The number of nitrogens with zero attached hydrogens (tertiary/aromatic N) is 1. The second kappa shape index (κ2) is 16.6. The van der Waals surface area contributed by atoms with Crippen molar-refractivity contribution >= 4 is 17.8 Å². The van der Waals surface area contributed by atoms with Crippen LogP contribution in [0, 0.1) is 11.7 Å². The van der Waals surface area contributed by atoms with E-state index in [2.05, 4.69) is 17.2 Å². The van der Waals surface area contributed by atoms with Gasteiger partial charge in [0.25, 0.3) is 5.91 Å². The molecule has 1 saturated heterocycles. The van der Waals surface area contributed by atoms with Gasteiger partial charge in [0.15, 0.2) is 23.2 Å². The van der Waals surface area contributed by atoms with E-state index in [0.29, 0.717) is 13.0 Å². The number of carbonyl (C=O) groups is 3. The zero-order valence-corrected chi connectivity index (χ0v) is 24.4. The lowest BCUT2D eigenvalue weighted by Gasteiger charge is -2.31. The lowest BCUT2D eigenvalue weighted by molar-refractivity contribution is -0.160. The molecule has 1 aromatic carbocycles. The van der Waals surface area contributed by atoms with Crippen molar-refractivity contribution in [3.8, 4) is 11.5 Å². The highest BCUT2D eigenvalue weighted by molar-refractivity contribution is 5.98. The highest BCUT2D eigenvalue weighted by Crippen LogP contribution is 2.30. The summed E-state index contributed by atoms with van der Waals surface area (Å²) in [5.41, 5.74) is 0.703. The molecule has 0 aliphatic carbocycles. The summed E-state index contributed by atoms with van der Waals surface area (Å²) >= 11 is 0. The van der Waals surface area contributed by atoms with E-state index >= 15 is 0 Å². The Morgan fingerprint density at radius 3 is 2.60 bits per heavy atom. The molecule has 1 aliphatic rings. The summed E-state index contributed by atoms with van der Waals surface area (Å²) in [7, 11) is 1.38. The fourth-order valence-electron chi connectivity index (χ4n) is 4.55. The summed E-state index contributed by atoms with van der Waals surface area (Å²) < 4.78 is 47.0. The number of esters is 2. The van der Waals surface area contributed by atoms with Crippen LogP contribution in [0.3, 0.4) is 0 Å². The Balaban J connectivity index is 1.78. The zero-order chi connectivity index (χ0) is 30.5. The molecule has 4 unspecified atom stereocenters. The third-order valence-corrected chi connectivity index (χ3v) is 6.67. The number of benzene rings is 1. The van der Waals surface area contributed by atoms with Crippen LogP contribution in [0.5, 0.6) is 11.5 Å². The van der Waals surface area contributed by atoms with Crippen molar-refractivity contribution in [2.45, 2.75) is 64.7 Å². The van der Waals surface area contributed by atoms with E-state index in [0.717, 1.165) is 24.8 Å². The number of rotatable bonds is 13. The molecule has 1 aromatic heterocycles. The molecule has 3 rings (SSSR count). The van der Waals surface area contributed by atoms with Crippen molar-refractivity contribution in [1.29, 1.82) is 0 Å². The third kappa shape index (κ3) is 9.66. The van der Waals surface area contributed by atoms with Gasteiger partial charge in [0, 0.05) is 31.7 Å². The number of unbranched alkanes of at least 4 members (excludes halogenated alkanes) is 2. The van der Waals surface area contributed by atoms with Crippen molar-refractivity contribution in [3.05, 3.63) is 53.6 Å². The average Bonchev–Trinajstić information content (AvgIpc) is 3.01. The first-order chi connectivity index (χ1) is 20.2. The number of aromatic nitrogens is 1. The number of ether oxygens (including phenoxy) is 6. The molecular formula is C30H39FN2O9. The molecule has 2 aromatic rings. The van der Waals surface area contributed by atoms with Gasteiger partial charge in [-0.25, -0.2) is 14.2 Å². The molecule has 1 amide bonds. The first kappa shape index (κ1) is 32.7. The topological polar surface area (TPSA) is 132 Å². The van der Waals surface area contributed by atoms with Crippen LogP contribution in [-0.4, -0.2) is 74.8 Å². The summed E-state index contributed by atoms with van der Waals surface area (Å²) in [4.78, 5) is 41.7. The van der Waals surface area contributed by atoms with Crippen LogP contribution < -0.4 is 14.8 Å². The Kier molecular flexibility index (Phi) is 13.0. The molecule has 0 spiro atoms. The van der Waals surface area contributed by atoms with E-state index in [1.54, 1.807) is 19.1 Å². The molecule has 11 nitrogen and oxygen atoms in total. The second-order valence-electron chi connectivity index (χ2n) is 9.93. The zero-order valence-electron chi connectivity index (χ0n) is 24.4. The van der Waals surface area contributed by atoms with Crippen molar-refractivity contribution in [2.75, 3.05) is 33.7 Å². The van der Waals surface area contributed by atoms with E-state index in [4.69, 9.17) is 28.4 Å². The van der Waals surface area contributed by atoms with Crippen LogP contribution >= 0.6 is 0 Å². The minimum absolute atomic E-state index is 0.0654. The summed E-state index contributed by atoms with van der Waals surface area (Å²) in [6.45, 7) is 5.10. The fraction of sp³-hybridized carbons (Fsp3) is 0.533. The third-order valence-electron chi connectivity index (χ3n) is 6.67. The van der Waals surface area contributed by atoms with E-state index < -0.39 is 42.9 Å². The minimum atomic E-state index is -1.17. The van der Waals surface area contributed by atoms with Crippen LogP contribution in [0.1, 0.15) is 56.1 Å². The van der Waals surface area contributed by atoms with Crippen molar-refractivity contribution in [1.82, 2.24) is 10.3 Å². The molecule has 1 fully saturated rings. The van der Waals surface area contributed by atoms with Crippen LogP contribution in [0.25, 0.3) is 0 Å². The Morgan fingerprint density at radius 2 is 1.90 bits per heavy atom. The summed E-state index contributed by atoms with van der Waals surface area (Å²) in [6.07, 6.45) is 3.57. The summed E-state index contributed by atoms with van der Waals surface area (Å²) in [6, 6.07) is 6.51. The van der Waals surface area contributed by atoms with Crippen molar-refractivity contribution < 1.29 is 47.2 Å². The van der Waals surface area contributed by atoms with Gasteiger partial charge in [-0.3, -0.25) is 9.59 Å². The quantitative estimate of drug-likeness (QED) is 0.210. The molecule has 4 atom stereocenters. The number of nitrogens with one attached hydrogen (secondary N) is 1. The second-order valence-corrected chi connectivity index (χ2v) is 9.93. The first-order valence-corrected chi connectivity index (χ1v) is 14.0. The Bertz CT molecular complexity index is 1180. The van der Waals surface area contributed by atoms with Gasteiger partial charge >= 0.3 is 11.9 Å². The number of hydrogen-bond acceptors (Lipinski definition) is 10. The number of carbonyl (C=O) groups excluding carboxylic acids is 3. The summed E-state index contributed by atoms with van der Waals surface area (Å²) in [5, 5.41) is 2.61. The minimum Gasteiger partial charge on any atom is -0.493 e. The number of methoxy groups -OCH3 is 1. The highest BCUT2D eigenvalue weighted by Gasteiger charge is 2.36. The summed E-state index contributed by atoms with van der Waals surface area (Å²) in [5.74, 6) is -2.46. The van der Waals surface area contributed by atoms with Gasteiger partial charge in [-0.15, -0.1) is 0 Å². The van der Waals surface area contributed by atoms with Crippen LogP contribution in [0.15, 0.2) is 36.5 Å². The van der Waals surface area contributed by atoms with Gasteiger partial charge in [-0.05, 0) is 37.5 Å². The molecule has 2 heterocycles. The smallest absolute Gasteiger partial charge is 0.331 e. The van der Waals surface area contributed by atoms with Gasteiger partial charge in [0.05, 0.1) is 26.4 Å². The molecule has 1 N–H and O–H groups in total. The Morgan fingerprint density at radius 1 is 1.14 bits per heavy atom. The maximum atomic E-state index is 13.5. The largest absolute Gasteiger partial charge is 0.493 e. The lowest BCUT2D eigenvalue weighted by Crippen LogP contribution is -2.46. The molecular weight excluding hydrogens is 551 g/mol. The number of hydrogen-bond donors (Lipinski definition) is 1. The van der Waals surface area contributed by atoms with Crippen molar-refractivity contribution in [2.24, 2.45) is 5.92 Å². The van der Waals surface area contributed by atoms with E-state index in [1.165, 1.54) is 38.4 Å². The number of pyridine rings is 1. The monoisotopic (exact) mass is 590 g/mol. The van der Waals surface area contributed by atoms with E-state index in [9.17, 15) is 18.8 Å². The van der Waals surface area contributed by atoms with Crippen LogP contribution in [0.2, 0.25) is 0 Å². The fourth-order valence-corrected chi connectivity index (χ4v) is 4.55. The molecule has 0 radical (unpaired) electrons. The molecule has 230 valence electrons. The average molecular weight is 591 g/mol. The SMILES string of the molecule is CCCCCOC1C(Cc2ccc(F)cc2)COCC(NC(=O)c2nccc(OC)c2OCOC(C)=O)C(=O)OC1C. The van der Waals surface area contributed by atoms with Crippen LogP contribution in [-0.2, 0) is 35.0 Å². The van der Waals surface area contributed by atoms with Gasteiger partial charge in [-0.1, -0.05) is 31.9 Å². The van der Waals surface area contributed by atoms with Gasteiger partial charge in [0.2, 0.25) is 6.79 Å². The number of cyclic esters (lactones) is 1. The molecule has 0 saturated carbocycles. The Labute approximate surface area is 245 Å². The predicted molar refractivity (Wildman–Crippen MR) is 149 cm³/mol. The maximum absolute atomic E-state index is 13.5. The van der Waals surface area contributed by atoms with Gasteiger partial charge < -0.3 is 33.7 Å². The van der Waals surface area contributed by atoms with E-state index in [1.807, 2.05) is 0 Å². The van der Waals surface area contributed by atoms with Crippen molar-refractivity contribution in [3.63, 3.8) is 0 Å². The van der Waals surface area contributed by atoms with Crippen LogP contribution in [0.4, 0.5) is 4.39 Å². The van der Waals surface area contributed by atoms with Gasteiger partial charge in [-0.2, -0.15) is 0 Å². The molecule has 0 bridgehead atoms. The lowest BCUT2D eigenvalue weighted by atomic mass is 9.91. The number of halogens is 1. The normalized spacial score (nSPS) is 20.8. The molecule has 1 aliphatic heterocycles. The predicted octanol–water partition coefficient (Wildman–Crippen LogP) is 3.62. The van der Waals surface area contributed by atoms with Gasteiger partial charge in [0.1, 0.15) is 11.9 Å². The standard InChI is InChI=1S/C30H39FN2O9/c1-5-6-7-14-39-27-19(2)42-30(36)24(17-38-16-22(27)15-21-8-10-23(31)11-9-21)33-29(35)26-28(41-18-40-20(3)34)25(37-4)12-13-32-26/h8-13,19,22,24,27H,5-7,14-18H2,1-4H3,(H,33,35). The Hall–Kier alpha value is -3.77. The highest BCUT2D eigenvalue weighted by atomic mass is 19.1.